The van der Waals surface area contributed by atoms with Gasteiger partial charge in [0.05, 0.1) is 10.8 Å². The molecule has 0 saturated heterocycles. The first kappa shape index (κ1) is 15.0. The van der Waals surface area contributed by atoms with Crippen molar-refractivity contribution in [1.29, 1.82) is 0 Å². The van der Waals surface area contributed by atoms with E-state index < -0.39 is 16.6 Å². The van der Waals surface area contributed by atoms with Crippen LogP contribution in [0.3, 0.4) is 0 Å². The topological polar surface area (TPSA) is 72.2 Å². The van der Waals surface area contributed by atoms with Gasteiger partial charge in [0.1, 0.15) is 11.6 Å². The summed E-state index contributed by atoms with van der Waals surface area (Å²) in [6.07, 6.45) is 5.40. The number of carbonyl (C=O) groups excluding carboxylic acids is 1. The number of nitrogens with one attached hydrogen (secondary N) is 1. The molecular weight excluding hydrogens is 279 g/mol. The van der Waals surface area contributed by atoms with E-state index in [-0.39, 0.29) is 28.3 Å². The van der Waals surface area contributed by atoms with Gasteiger partial charge in [0.15, 0.2) is 0 Å². The highest BCUT2D eigenvalue weighted by atomic mass is 32.2. The summed E-state index contributed by atoms with van der Waals surface area (Å²) < 4.78 is 25.2. The van der Waals surface area contributed by atoms with Crippen LogP contribution in [0.25, 0.3) is 0 Å². The van der Waals surface area contributed by atoms with Crippen LogP contribution in [0, 0.1) is 5.82 Å². The molecule has 1 aromatic carbocycles. The molecule has 1 unspecified atom stereocenters. The molecule has 1 amide bonds. The van der Waals surface area contributed by atoms with E-state index in [1.54, 1.807) is 0 Å². The fourth-order valence-electron chi connectivity index (χ4n) is 2.43. The molecule has 4 nitrogen and oxygen atoms in total. The van der Waals surface area contributed by atoms with E-state index in [2.05, 4.69) is 5.32 Å². The van der Waals surface area contributed by atoms with Crippen molar-refractivity contribution in [3.8, 4) is 0 Å². The first-order valence-corrected chi connectivity index (χ1v) is 8.10. The average Bonchev–Trinajstić information content (AvgIpc) is 2.38. The third-order valence-electron chi connectivity index (χ3n) is 3.39. The number of amides is 1. The van der Waals surface area contributed by atoms with Gasteiger partial charge in [-0.25, -0.2) is 4.39 Å². The minimum absolute atomic E-state index is 0.153. The lowest BCUT2D eigenvalue weighted by molar-refractivity contribution is -0.119. The SMILES string of the molecule is Nc1cc(F)cc(S(=O)CC(=O)NC2CCCCC2)c1. The molecule has 6 heteroatoms. The van der Waals surface area contributed by atoms with Crippen molar-refractivity contribution in [2.75, 3.05) is 11.5 Å². The van der Waals surface area contributed by atoms with Gasteiger partial charge in [0.25, 0.3) is 0 Å². The highest BCUT2D eigenvalue weighted by Gasteiger charge is 2.18. The molecule has 0 heterocycles. The second-order valence-electron chi connectivity index (χ2n) is 5.11. The van der Waals surface area contributed by atoms with Gasteiger partial charge in [0.2, 0.25) is 5.91 Å². The summed E-state index contributed by atoms with van der Waals surface area (Å²) >= 11 is 0. The van der Waals surface area contributed by atoms with Gasteiger partial charge in [-0.05, 0) is 31.0 Å². The third-order valence-corrected chi connectivity index (χ3v) is 4.67. The smallest absolute Gasteiger partial charge is 0.233 e. The Morgan fingerprint density at radius 2 is 2.00 bits per heavy atom. The van der Waals surface area contributed by atoms with Crippen LogP contribution in [0.5, 0.6) is 0 Å². The predicted octanol–water partition coefficient (Wildman–Crippen LogP) is 1.96. The molecule has 0 spiro atoms. The van der Waals surface area contributed by atoms with E-state index in [9.17, 15) is 13.4 Å². The number of nitrogens with two attached hydrogens (primary N) is 1. The number of rotatable bonds is 4. The van der Waals surface area contributed by atoms with Crippen molar-refractivity contribution < 1.29 is 13.4 Å². The molecule has 1 atom stereocenters. The zero-order valence-corrected chi connectivity index (χ0v) is 12.0. The second-order valence-corrected chi connectivity index (χ2v) is 6.56. The highest BCUT2D eigenvalue weighted by Crippen LogP contribution is 2.18. The van der Waals surface area contributed by atoms with Gasteiger partial charge in [0, 0.05) is 16.6 Å². The van der Waals surface area contributed by atoms with E-state index in [4.69, 9.17) is 5.73 Å². The van der Waals surface area contributed by atoms with Gasteiger partial charge in [-0.15, -0.1) is 0 Å². The summed E-state index contributed by atoms with van der Waals surface area (Å²) in [6, 6.07) is 3.93. The number of hydrogen-bond donors (Lipinski definition) is 2. The van der Waals surface area contributed by atoms with Crippen LogP contribution in [0.15, 0.2) is 23.1 Å². The Balaban J connectivity index is 1.91. The number of halogens is 1. The van der Waals surface area contributed by atoms with Gasteiger partial charge < -0.3 is 11.1 Å². The third kappa shape index (κ3) is 4.30. The maximum Gasteiger partial charge on any atom is 0.233 e. The lowest BCUT2D eigenvalue weighted by Crippen LogP contribution is -2.38. The van der Waals surface area contributed by atoms with Crippen molar-refractivity contribution in [1.82, 2.24) is 5.32 Å². The Kier molecular flexibility index (Phi) is 5.11. The Bertz CT molecular complexity index is 496. The van der Waals surface area contributed by atoms with Crippen molar-refractivity contribution in [3.05, 3.63) is 24.0 Å². The summed E-state index contributed by atoms with van der Waals surface area (Å²) in [7, 11) is -1.57. The molecule has 1 aromatic rings. The molecule has 1 aliphatic carbocycles. The van der Waals surface area contributed by atoms with Crippen LogP contribution in [-0.4, -0.2) is 21.9 Å². The number of benzene rings is 1. The van der Waals surface area contributed by atoms with E-state index in [1.807, 2.05) is 0 Å². The molecule has 20 heavy (non-hydrogen) atoms. The molecule has 0 bridgehead atoms. The number of nitrogen functional groups attached to an aromatic ring is 1. The fraction of sp³-hybridized carbons (Fsp3) is 0.500. The molecule has 2 rings (SSSR count). The summed E-state index contributed by atoms with van der Waals surface area (Å²) in [5.41, 5.74) is 5.71. The maximum absolute atomic E-state index is 13.2. The molecular formula is C14H19FN2O2S. The lowest BCUT2D eigenvalue weighted by Gasteiger charge is -2.22. The summed E-state index contributed by atoms with van der Waals surface area (Å²) in [5.74, 6) is -0.946. The van der Waals surface area contributed by atoms with Gasteiger partial charge >= 0.3 is 0 Å². The molecule has 0 radical (unpaired) electrons. The summed E-state index contributed by atoms with van der Waals surface area (Å²) in [5, 5.41) is 2.89. The lowest BCUT2D eigenvalue weighted by atomic mass is 9.95. The fourth-order valence-corrected chi connectivity index (χ4v) is 3.43. The van der Waals surface area contributed by atoms with E-state index in [0.29, 0.717) is 0 Å². The molecule has 1 saturated carbocycles. The van der Waals surface area contributed by atoms with E-state index >= 15 is 0 Å². The van der Waals surface area contributed by atoms with Crippen LogP contribution in [0.4, 0.5) is 10.1 Å². The highest BCUT2D eigenvalue weighted by molar-refractivity contribution is 7.85. The number of hydrogen-bond acceptors (Lipinski definition) is 3. The quantitative estimate of drug-likeness (QED) is 0.835. The molecule has 110 valence electrons. The zero-order valence-electron chi connectivity index (χ0n) is 11.2. The van der Waals surface area contributed by atoms with Gasteiger partial charge in [-0.2, -0.15) is 0 Å². The Morgan fingerprint density at radius 3 is 2.65 bits per heavy atom. The Hall–Kier alpha value is -1.43. The largest absolute Gasteiger partial charge is 0.399 e. The van der Waals surface area contributed by atoms with E-state index in [0.717, 1.165) is 37.8 Å². The van der Waals surface area contributed by atoms with Crippen LogP contribution in [-0.2, 0) is 15.6 Å². The molecule has 0 aromatic heterocycles. The Morgan fingerprint density at radius 1 is 1.30 bits per heavy atom. The van der Waals surface area contributed by atoms with Crippen molar-refractivity contribution in [2.45, 2.75) is 43.0 Å². The van der Waals surface area contributed by atoms with Crippen LogP contribution >= 0.6 is 0 Å². The van der Waals surface area contributed by atoms with Crippen molar-refractivity contribution in [3.63, 3.8) is 0 Å². The predicted molar refractivity (Wildman–Crippen MR) is 77.1 cm³/mol. The van der Waals surface area contributed by atoms with E-state index in [1.165, 1.54) is 12.5 Å². The standard InChI is InChI=1S/C14H19FN2O2S/c15-10-6-11(16)8-13(7-10)20(19)9-14(18)17-12-4-2-1-3-5-12/h6-8,12H,1-5,9,16H2,(H,17,18). The first-order valence-electron chi connectivity index (χ1n) is 6.78. The molecule has 1 aliphatic rings. The zero-order chi connectivity index (χ0) is 14.5. The molecule has 3 N–H and O–H groups in total. The average molecular weight is 298 g/mol. The minimum atomic E-state index is -1.57. The first-order chi connectivity index (χ1) is 9.54. The number of carbonyl (C=O) groups is 1. The monoisotopic (exact) mass is 298 g/mol. The van der Waals surface area contributed by atoms with Crippen molar-refractivity contribution >= 4 is 22.4 Å². The van der Waals surface area contributed by atoms with Crippen LogP contribution in [0.2, 0.25) is 0 Å². The summed E-state index contributed by atoms with van der Waals surface area (Å²) in [6.45, 7) is 0. The van der Waals surface area contributed by atoms with Crippen LogP contribution < -0.4 is 11.1 Å². The van der Waals surface area contributed by atoms with Gasteiger partial charge in [-0.1, -0.05) is 19.3 Å². The maximum atomic E-state index is 13.2. The van der Waals surface area contributed by atoms with Crippen molar-refractivity contribution in [2.24, 2.45) is 0 Å². The van der Waals surface area contributed by atoms with Gasteiger partial charge in [-0.3, -0.25) is 9.00 Å². The van der Waals surface area contributed by atoms with Crippen LogP contribution in [0.1, 0.15) is 32.1 Å². The second kappa shape index (κ2) is 6.83. The molecule has 0 aliphatic heterocycles. The minimum Gasteiger partial charge on any atom is -0.399 e. The normalized spacial score (nSPS) is 17.6. The number of anilines is 1. The summed E-state index contributed by atoms with van der Waals surface area (Å²) in [4.78, 5) is 12.1. The Labute approximate surface area is 120 Å². The molecule has 1 fully saturated rings.